The zero-order valence-corrected chi connectivity index (χ0v) is 11.3. The van der Waals surface area contributed by atoms with Crippen molar-refractivity contribution in [3.8, 4) is 0 Å². The lowest BCUT2D eigenvalue weighted by Gasteiger charge is -2.19. The number of hydrogen-bond acceptors (Lipinski definition) is 5. The van der Waals surface area contributed by atoms with Gasteiger partial charge in [0, 0.05) is 0 Å². The molecule has 1 heterocycles. The van der Waals surface area contributed by atoms with Gasteiger partial charge in [0.15, 0.2) is 5.78 Å². The number of ether oxygens (including phenoxy) is 1. The van der Waals surface area contributed by atoms with Crippen molar-refractivity contribution in [2.24, 2.45) is 17.3 Å². The smallest absolute Gasteiger partial charge is 0.313 e. The normalized spacial score (nSPS) is 27.2. The van der Waals surface area contributed by atoms with Crippen molar-refractivity contribution in [2.75, 3.05) is 13.2 Å². The molecule has 1 aliphatic carbocycles. The Labute approximate surface area is 111 Å². The molecule has 0 aromatic carbocycles. The molecule has 2 amide bonds. The molecule has 0 aromatic heterocycles. The van der Waals surface area contributed by atoms with Crippen LogP contribution in [0.5, 0.6) is 0 Å². The zero-order chi connectivity index (χ0) is 14.4. The maximum Gasteiger partial charge on any atom is 0.313 e. The largest absolute Gasteiger partial charge is 0.466 e. The van der Waals surface area contributed by atoms with Crippen LogP contribution in [0.3, 0.4) is 0 Å². The van der Waals surface area contributed by atoms with Gasteiger partial charge < -0.3 is 4.74 Å². The number of hydrogen-bond donors (Lipinski definition) is 0. The van der Waals surface area contributed by atoms with Crippen molar-refractivity contribution in [2.45, 2.75) is 27.2 Å². The standard InChI is InChI=1S/C13H17NO5/c1-4-19-8(16)5-7(15)6-14-11(17)9-10(12(14)18)13(9,2)3/h9-10H,4-6H2,1-3H3. The summed E-state index contributed by atoms with van der Waals surface area (Å²) in [5.41, 5.74) is -0.283. The number of carbonyl (C=O) groups excluding carboxylic acids is 4. The van der Waals surface area contributed by atoms with Crippen LogP contribution in [0.1, 0.15) is 27.2 Å². The summed E-state index contributed by atoms with van der Waals surface area (Å²) in [6.07, 6.45) is -0.399. The Morgan fingerprint density at radius 1 is 1.21 bits per heavy atom. The second-order valence-corrected chi connectivity index (χ2v) is 5.56. The minimum absolute atomic E-state index is 0.200. The van der Waals surface area contributed by atoms with Crippen molar-refractivity contribution >= 4 is 23.6 Å². The molecule has 0 bridgehead atoms. The molecule has 104 valence electrons. The molecule has 19 heavy (non-hydrogen) atoms. The van der Waals surface area contributed by atoms with Gasteiger partial charge in [-0.05, 0) is 12.3 Å². The number of nitrogens with zero attached hydrogens (tertiary/aromatic N) is 1. The Morgan fingerprint density at radius 3 is 2.21 bits per heavy atom. The lowest BCUT2D eigenvalue weighted by molar-refractivity contribution is -0.150. The van der Waals surface area contributed by atoms with Crippen molar-refractivity contribution in [3.63, 3.8) is 0 Å². The van der Waals surface area contributed by atoms with E-state index < -0.39 is 18.2 Å². The highest BCUT2D eigenvalue weighted by Crippen LogP contribution is 2.63. The monoisotopic (exact) mass is 267 g/mol. The molecular weight excluding hydrogens is 250 g/mol. The number of piperidine rings is 1. The fourth-order valence-corrected chi connectivity index (χ4v) is 2.77. The first-order chi connectivity index (χ1) is 8.80. The summed E-state index contributed by atoms with van der Waals surface area (Å²) >= 11 is 0. The molecule has 0 radical (unpaired) electrons. The molecule has 6 heteroatoms. The zero-order valence-electron chi connectivity index (χ0n) is 11.3. The first-order valence-electron chi connectivity index (χ1n) is 6.33. The second kappa shape index (κ2) is 4.43. The van der Waals surface area contributed by atoms with Gasteiger partial charge in [0.2, 0.25) is 11.8 Å². The van der Waals surface area contributed by atoms with E-state index >= 15 is 0 Å². The highest BCUT2D eigenvalue weighted by atomic mass is 16.5. The Hall–Kier alpha value is -1.72. The summed E-state index contributed by atoms with van der Waals surface area (Å²) in [5, 5.41) is 0. The van der Waals surface area contributed by atoms with E-state index in [-0.39, 0.29) is 42.2 Å². The number of carbonyl (C=O) groups is 4. The van der Waals surface area contributed by atoms with Crippen molar-refractivity contribution in [1.29, 1.82) is 0 Å². The minimum Gasteiger partial charge on any atom is -0.466 e. The van der Waals surface area contributed by atoms with Crippen LogP contribution in [-0.4, -0.2) is 41.6 Å². The number of Topliss-reactive ketones (excluding diaryl/α,β-unsaturated/α-hetero) is 1. The lowest BCUT2D eigenvalue weighted by atomic mass is 10.1. The quantitative estimate of drug-likeness (QED) is 0.402. The van der Waals surface area contributed by atoms with Gasteiger partial charge in [-0.2, -0.15) is 0 Å². The average Bonchev–Trinajstić information content (AvgIpc) is 2.77. The van der Waals surface area contributed by atoms with Gasteiger partial charge in [-0.3, -0.25) is 24.1 Å². The van der Waals surface area contributed by atoms with Gasteiger partial charge in [-0.15, -0.1) is 0 Å². The van der Waals surface area contributed by atoms with Crippen LogP contribution in [-0.2, 0) is 23.9 Å². The van der Waals surface area contributed by atoms with Crippen LogP contribution in [0.15, 0.2) is 0 Å². The van der Waals surface area contributed by atoms with Gasteiger partial charge in [-0.25, -0.2) is 0 Å². The third kappa shape index (κ3) is 2.15. The Morgan fingerprint density at radius 2 is 1.74 bits per heavy atom. The predicted octanol–water partition coefficient (Wildman–Crippen LogP) is 0.150. The Bertz CT molecular complexity index is 444. The molecule has 0 N–H and O–H groups in total. The molecule has 1 saturated heterocycles. The summed E-state index contributed by atoms with van der Waals surface area (Å²) in [5.74, 6) is -2.28. The molecule has 0 aromatic rings. The maximum atomic E-state index is 12.0. The minimum atomic E-state index is -0.628. The highest BCUT2D eigenvalue weighted by molar-refractivity contribution is 6.12. The predicted molar refractivity (Wildman–Crippen MR) is 63.7 cm³/mol. The molecule has 2 rings (SSSR count). The molecule has 2 atom stereocenters. The molecular formula is C13H17NO5. The van der Waals surface area contributed by atoms with Crippen LogP contribution in [0.25, 0.3) is 0 Å². The summed E-state index contributed by atoms with van der Waals surface area (Å²) in [4.78, 5) is 47.6. The van der Waals surface area contributed by atoms with E-state index in [0.29, 0.717) is 0 Å². The highest BCUT2D eigenvalue weighted by Gasteiger charge is 2.72. The van der Waals surface area contributed by atoms with Gasteiger partial charge in [0.05, 0.1) is 25.0 Å². The SMILES string of the molecule is CCOC(=O)CC(=O)CN1C(=O)C2C(C1=O)C2(C)C. The van der Waals surface area contributed by atoms with E-state index in [0.717, 1.165) is 4.90 Å². The summed E-state index contributed by atoms with van der Waals surface area (Å²) in [6, 6.07) is 0. The number of likely N-dealkylation sites (tertiary alicyclic amines) is 1. The molecule has 2 fully saturated rings. The van der Waals surface area contributed by atoms with E-state index in [1.54, 1.807) is 6.92 Å². The molecule has 2 aliphatic rings. The fraction of sp³-hybridized carbons (Fsp3) is 0.692. The van der Waals surface area contributed by atoms with Crippen LogP contribution < -0.4 is 0 Å². The van der Waals surface area contributed by atoms with E-state index in [4.69, 9.17) is 0 Å². The van der Waals surface area contributed by atoms with Gasteiger partial charge >= 0.3 is 5.97 Å². The third-order valence-electron chi connectivity index (χ3n) is 3.87. The first-order valence-corrected chi connectivity index (χ1v) is 6.33. The molecule has 1 saturated carbocycles. The number of rotatable bonds is 5. The van der Waals surface area contributed by atoms with Crippen LogP contribution in [0.4, 0.5) is 0 Å². The van der Waals surface area contributed by atoms with Crippen molar-refractivity contribution in [3.05, 3.63) is 0 Å². The number of ketones is 1. The van der Waals surface area contributed by atoms with E-state index in [2.05, 4.69) is 4.74 Å². The first kappa shape index (κ1) is 13.7. The van der Waals surface area contributed by atoms with Crippen molar-refractivity contribution in [1.82, 2.24) is 4.90 Å². The fourth-order valence-electron chi connectivity index (χ4n) is 2.77. The number of amides is 2. The Kier molecular flexibility index (Phi) is 3.20. The van der Waals surface area contributed by atoms with Gasteiger partial charge in [0.25, 0.3) is 0 Å². The van der Waals surface area contributed by atoms with E-state index in [9.17, 15) is 19.2 Å². The molecule has 1 aliphatic heterocycles. The average molecular weight is 267 g/mol. The second-order valence-electron chi connectivity index (χ2n) is 5.56. The maximum absolute atomic E-state index is 12.0. The van der Waals surface area contributed by atoms with Gasteiger partial charge in [-0.1, -0.05) is 13.8 Å². The van der Waals surface area contributed by atoms with Gasteiger partial charge in [0.1, 0.15) is 6.42 Å². The number of fused-ring (bicyclic) bond motifs is 1. The summed E-state index contributed by atoms with van der Waals surface area (Å²) < 4.78 is 4.65. The van der Waals surface area contributed by atoms with E-state index in [1.807, 2.05) is 13.8 Å². The topological polar surface area (TPSA) is 80.8 Å². The lowest BCUT2D eigenvalue weighted by Crippen LogP contribution is -2.40. The van der Waals surface area contributed by atoms with Crippen LogP contribution in [0, 0.1) is 17.3 Å². The van der Waals surface area contributed by atoms with Crippen molar-refractivity contribution < 1.29 is 23.9 Å². The van der Waals surface area contributed by atoms with Crippen LogP contribution >= 0.6 is 0 Å². The molecule has 6 nitrogen and oxygen atoms in total. The molecule has 2 unspecified atom stereocenters. The molecule has 0 spiro atoms. The third-order valence-corrected chi connectivity index (χ3v) is 3.87. The summed E-state index contributed by atoms with van der Waals surface area (Å²) in [6.45, 7) is 5.27. The van der Waals surface area contributed by atoms with Crippen LogP contribution in [0.2, 0.25) is 0 Å². The summed E-state index contributed by atoms with van der Waals surface area (Å²) in [7, 11) is 0. The van der Waals surface area contributed by atoms with E-state index in [1.165, 1.54) is 0 Å². The number of imide groups is 1. The number of esters is 1. The Balaban J connectivity index is 1.92.